The van der Waals surface area contributed by atoms with Crippen molar-refractivity contribution in [2.75, 3.05) is 0 Å². The first kappa shape index (κ1) is 11.9. The number of halogens is 1. The van der Waals surface area contributed by atoms with Crippen molar-refractivity contribution in [2.45, 2.75) is 6.04 Å². The van der Waals surface area contributed by atoms with Crippen LogP contribution in [0.15, 0.2) is 12.1 Å². The van der Waals surface area contributed by atoms with Crippen LogP contribution in [-0.4, -0.2) is 27.3 Å². The minimum Gasteiger partial charge on any atom is -0.504 e. The van der Waals surface area contributed by atoms with Crippen molar-refractivity contribution in [2.24, 2.45) is 5.73 Å². The molecule has 0 fully saturated rings. The molecule has 0 aromatic heterocycles. The molecular formula is C9H8FNO5. The lowest BCUT2D eigenvalue weighted by Crippen LogP contribution is -2.21. The van der Waals surface area contributed by atoms with Gasteiger partial charge in [-0.1, -0.05) is 0 Å². The fourth-order valence-electron chi connectivity index (χ4n) is 1.11. The Balaban J connectivity index is 3.34. The van der Waals surface area contributed by atoms with E-state index in [9.17, 15) is 14.0 Å². The highest BCUT2D eigenvalue weighted by Gasteiger charge is 2.21. The van der Waals surface area contributed by atoms with Gasteiger partial charge in [-0.2, -0.15) is 0 Å². The van der Waals surface area contributed by atoms with E-state index < -0.39 is 35.1 Å². The van der Waals surface area contributed by atoms with Crippen molar-refractivity contribution < 1.29 is 29.3 Å². The highest BCUT2D eigenvalue weighted by molar-refractivity contribution is 5.91. The first-order valence-electron chi connectivity index (χ1n) is 4.08. The van der Waals surface area contributed by atoms with Crippen LogP contribution in [0.1, 0.15) is 22.0 Å². The third-order valence-corrected chi connectivity index (χ3v) is 1.94. The molecule has 0 saturated heterocycles. The quantitative estimate of drug-likeness (QED) is 0.592. The molecular weight excluding hydrogens is 221 g/mol. The SMILES string of the molecule is NC(C(=O)O)c1cc(F)c(O)c(C(=O)O)c1. The van der Waals surface area contributed by atoms with Crippen molar-refractivity contribution in [1.29, 1.82) is 0 Å². The van der Waals surface area contributed by atoms with Gasteiger partial charge in [-0.05, 0) is 17.7 Å². The summed E-state index contributed by atoms with van der Waals surface area (Å²) in [6.07, 6.45) is 0. The zero-order chi connectivity index (χ0) is 12.5. The molecule has 0 heterocycles. The van der Waals surface area contributed by atoms with Gasteiger partial charge in [0.15, 0.2) is 11.6 Å². The summed E-state index contributed by atoms with van der Waals surface area (Å²) < 4.78 is 13.1. The lowest BCUT2D eigenvalue weighted by atomic mass is 10.0. The second-order valence-electron chi connectivity index (χ2n) is 3.02. The standard InChI is InChI=1S/C9H8FNO5/c10-5-2-3(6(11)9(15)16)1-4(7(5)12)8(13)14/h1-2,6,12H,11H2,(H,13,14)(H,15,16). The van der Waals surface area contributed by atoms with Gasteiger partial charge in [0, 0.05) is 0 Å². The average molecular weight is 229 g/mol. The molecule has 0 aliphatic carbocycles. The van der Waals surface area contributed by atoms with Gasteiger partial charge in [0.1, 0.15) is 11.6 Å². The van der Waals surface area contributed by atoms with Crippen molar-refractivity contribution in [3.05, 3.63) is 29.1 Å². The Morgan fingerprint density at radius 1 is 1.31 bits per heavy atom. The van der Waals surface area contributed by atoms with Crippen molar-refractivity contribution in [3.63, 3.8) is 0 Å². The lowest BCUT2D eigenvalue weighted by molar-refractivity contribution is -0.138. The Bertz CT molecular complexity index is 459. The van der Waals surface area contributed by atoms with Crippen molar-refractivity contribution in [3.8, 4) is 5.75 Å². The largest absolute Gasteiger partial charge is 0.504 e. The Kier molecular flexibility index (Phi) is 3.09. The maximum Gasteiger partial charge on any atom is 0.339 e. The molecule has 1 rings (SSSR count). The van der Waals surface area contributed by atoms with Crippen LogP contribution in [-0.2, 0) is 4.79 Å². The number of hydrogen-bond donors (Lipinski definition) is 4. The summed E-state index contributed by atoms with van der Waals surface area (Å²) in [6.45, 7) is 0. The third kappa shape index (κ3) is 2.09. The number of benzene rings is 1. The maximum atomic E-state index is 13.1. The Hall–Kier alpha value is -2.15. The molecule has 0 bridgehead atoms. The summed E-state index contributed by atoms with van der Waals surface area (Å²) in [6, 6.07) is -0.0479. The van der Waals surface area contributed by atoms with Crippen LogP contribution in [0.4, 0.5) is 4.39 Å². The highest BCUT2D eigenvalue weighted by atomic mass is 19.1. The Morgan fingerprint density at radius 3 is 2.31 bits per heavy atom. The smallest absolute Gasteiger partial charge is 0.339 e. The number of aromatic carboxylic acids is 1. The molecule has 1 unspecified atom stereocenters. The number of phenols is 1. The van der Waals surface area contributed by atoms with Gasteiger partial charge in [-0.3, -0.25) is 4.79 Å². The lowest BCUT2D eigenvalue weighted by Gasteiger charge is -2.09. The first-order chi connectivity index (χ1) is 7.34. The van der Waals surface area contributed by atoms with E-state index in [1.807, 2.05) is 0 Å². The van der Waals surface area contributed by atoms with E-state index in [0.29, 0.717) is 6.07 Å². The topological polar surface area (TPSA) is 121 Å². The minimum atomic E-state index is -1.57. The van der Waals surface area contributed by atoms with Crippen molar-refractivity contribution in [1.82, 2.24) is 0 Å². The number of aliphatic carboxylic acids is 1. The molecule has 16 heavy (non-hydrogen) atoms. The second-order valence-corrected chi connectivity index (χ2v) is 3.02. The number of rotatable bonds is 3. The second kappa shape index (κ2) is 4.15. The van der Waals surface area contributed by atoms with E-state index in [1.54, 1.807) is 0 Å². The van der Waals surface area contributed by atoms with Gasteiger partial charge in [0.25, 0.3) is 0 Å². The van der Waals surface area contributed by atoms with Crippen LogP contribution in [0.2, 0.25) is 0 Å². The number of aromatic hydroxyl groups is 1. The van der Waals surface area contributed by atoms with E-state index in [1.165, 1.54) is 0 Å². The summed E-state index contributed by atoms with van der Waals surface area (Å²) in [7, 11) is 0. The zero-order valence-corrected chi connectivity index (χ0v) is 7.85. The minimum absolute atomic E-state index is 0.236. The fourth-order valence-corrected chi connectivity index (χ4v) is 1.11. The zero-order valence-electron chi connectivity index (χ0n) is 7.85. The maximum absolute atomic E-state index is 13.1. The van der Waals surface area contributed by atoms with Gasteiger partial charge in [-0.15, -0.1) is 0 Å². The summed E-state index contributed by atoms with van der Waals surface area (Å²) in [5.74, 6) is -5.28. The number of hydrogen-bond acceptors (Lipinski definition) is 4. The van der Waals surface area contributed by atoms with Crippen molar-refractivity contribution >= 4 is 11.9 Å². The van der Waals surface area contributed by atoms with Gasteiger partial charge in [0.05, 0.1) is 0 Å². The molecule has 0 spiro atoms. The van der Waals surface area contributed by atoms with Gasteiger partial charge in [0.2, 0.25) is 0 Å². The molecule has 0 saturated carbocycles. The van der Waals surface area contributed by atoms with Gasteiger partial charge < -0.3 is 21.1 Å². The fraction of sp³-hybridized carbons (Fsp3) is 0.111. The molecule has 0 amide bonds. The summed E-state index contributed by atoms with van der Waals surface area (Å²) in [4.78, 5) is 21.1. The molecule has 1 atom stereocenters. The molecule has 0 radical (unpaired) electrons. The van der Waals surface area contributed by atoms with E-state index in [0.717, 1.165) is 6.07 Å². The monoisotopic (exact) mass is 229 g/mol. The van der Waals surface area contributed by atoms with Crippen LogP contribution < -0.4 is 5.73 Å². The summed E-state index contributed by atoms with van der Waals surface area (Å²) in [5, 5.41) is 26.3. The molecule has 6 nitrogen and oxygen atoms in total. The third-order valence-electron chi connectivity index (χ3n) is 1.94. The molecule has 1 aromatic carbocycles. The molecule has 1 aromatic rings. The van der Waals surface area contributed by atoms with Crippen LogP contribution in [0.25, 0.3) is 0 Å². The average Bonchev–Trinajstić information content (AvgIpc) is 2.20. The number of carbonyl (C=O) groups is 2. The summed E-state index contributed by atoms with van der Waals surface area (Å²) >= 11 is 0. The van der Waals surface area contributed by atoms with Gasteiger partial charge in [-0.25, -0.2) is 9.18 Å². The van der Waals surface area contributed by atoms with E-state index >= 15 is 0 Å². The Morgan fingerprint density at radius 2 is 1.88 bits per heavy atom. The normalized spacial score (nSPS) is 12.1. The van der Waals surface area contributed by atoms with Gasteiger partial charge >= 0.3 is 11.9 Å². The molecule has 86 valence electrons. The van der Waals surface area contributed by atoms with E-state index in [-0.39, 0.29) is 5.56 Å². The predicted octanol–water partition coefficient (Wildman–Crippen LogP) is 0.314. The van der Waals surface area contributed by atoms with Crippen LogP contribution in [0, 0.1) is 5.82 Å². The van der Waals surface area contributed by atoms with Crippen LogP contribution in [0.5, 0.6) is 5.75 Å². The number of nitrogens with two attached hydrogens (primary N) is 1. The first-order valence-corrected chi connectivity index (χ1v) is 4.08. The summed E-state index contributed by atoms with van der Waals surface area (Å²) in [5.41, 5.74) is 4.22. The number of carboxylic acid groups (broad SMARTS) is 2. The van der Waals surface area contributed by atoms with E-state index in [4.69, 9.17) is 21.1 Å². The molecule has 0 aliphatic heterocycles. The van der Waals surface area contributed by atoms with Crippen LogP contribution in [0.3, 0.4) is 0 Å². The predicted molar refractivity (Wildman–Crippen MR) is 49.6 cm³/mol. The number of carboxylic acids is 2. The van der Waals surface area contributed by atoms with E-state index in [2.05, 4.69) is 0 Å². The Labute approximate surface area is 88.7 Å². The molecule has 0 aliphatic rings. The molecule has 5 N–H and O–H groups in total. The molecule has 7 heteroatoms. The van der Waals surface area contributed by atoms with Crippen LogP contribution >= 0.6 is 0 Å². The highest BCUT2D eigenvalue weighted by Crippen LogP contribution is 2.25.